The molecular formula is C16H18ClN5O4. The van der Waals surface area contributed by atoms with Crippen molar-refractivity contribution in [3.05, 3.63) is 50.1 Å². The summed E-state index contributed by atoms with van der Waals surface area (Å²) in [6.45, 7) is 0.0652. The van der Waals surface area contributed by atoms with Crippen LogP contribution in [0.3, 0.4) is 0 Å². The third kappa shape index (κ3) is 3.44. The zero-order valence-electron chi connectivity index (χ0n) is 14.2. The number of anilines is 1. The molecule has 2 aromatic heterocycles. The first-order valence-electron chi connectivity index (χ1n) is 7.84. The molecule has 0 saturated carbocycles. The standard InChI is InChI=1S/C16H18ClN5O4/c1-18-15-19-13-12(14(24)20-16(25)21(13)2)22(15)7-10(23)8-26-11-5-3-9(17)4-6-11/h3-6,10,23H,7-8H2,1-2H3,(H,18,19)(H,20,24,25). The van der Waals surface area contributed by atoms with E-state index in [4.69, 9.17) is 16.3 Å². The molecule has 0 amide bonds. The normalized spacial score (nSPS) is 12.3. The van der Waals surface area contributed by atoms with Gasteiger partial charge in [-0.3, -0.25) is 14.3 Å². The molecule has 10 heteroatoms. The van der Waals surface area contributed by atoms with Crippen molar-refractivity contribution >= 4 is 28.7 Å². The van der Waals surface area contributed by atoms with Crippen molar-refractivity contribution in [1.82, 2.24) is 19.1 Å². The fourth-order valence-corrected chi connectivity index (χ4v) is 2.72. The van der Waals surface area contributed by atoms with E-state index in [2.05, 4.69) is 15.3 Å². The SMILES string of the molecule is CNc1nc2c(c(=O)[nH]c(=O)n2C)n1CC(O)COc1ccc(Cl)cc1. The highest BCUT2D eigenvalue weighted by Gasteiger charge is 2.19. The predicted octanol–water partition coefficient (Wildman–Crippen LogP) is 0.558. The molecule has 3 aromatic rings. The number of ether oxygens (including phenoxy) is 1. The molecule has 0 fully saturated rings. The minimum Gasteiger partial charge on any atom is -0.491 e. The number of aromatic amines is 1. The van der Waals surface area contributed by atoms with Gasteiger partial charge in [0.2, 0.25) is 5.95 Å². The van der Waals surface area contributed by atoms with Crippen LogP contribution in [0.15, 0.2) is 33.9 Å². The van der Waals surface area contributed by atoms with Crippen molar-refractivity contribution in [3.8, 4) is 5.75 Å². The molecule has 1 atom stereocenters. The maximum atomic E-state index is 12.2. The number of aliphatic hydroxyl groups is 1. The summed E-state index contributed by atoms with van der Waals surface area (Å²) < 4.78 is 8.28. The van der Waals surface area contributed by atoms with E-state index in [9.17, 15) is 14.7 Å². The van der Waals surface area contributed by atoms with Crippen molar-refractivity contribution in [2.24, 2.45) is 7.05 Å². The highest BCUT2D eigenvalue weighted by Crippen LogP contribution is 2.17. The lowest BCUT2D eigenvalue weighted by molar-refractivity contribution is 0.0938. The Labute approximate surface area is 152 Å². The number of nitrogens with one attached hydrogen (secondary N) is 2. The molecule has 9 nitrogen and oxygen atoms in total. The second kappa shape index (κ2) is 7.22. The van der Waals surface area contributed by atoms with Gasteiger partial charge >= 0.3 is 5.69 Å². The molecule has 0 spiro atoms. The number of aliphatic hydroxyl groups excluding tert-OH is 1. The first-order chi connectivity index (χ1) is 12.4. The number of hydrogen-bond acceptors (Lipinski definition) is 6. The minimum atomic E-state index is -0.910. The molecule has 0 saturated heterocycles. The Kier molecular flexibility index (Phi) is 5.01. The smallest absolute Gasteiger partial charge is 0.329 e. The Morgan fingerprint density at radius 3 is 2.69 bits per heavy atom. The summed E-state index contributed by atoms with van der Waals surface area (Å²) in [4.78, 5) is 30.4. The minimum absolute atomic E-state index is 0.00806. The van der Waals surface area contributed by atoms with Crippen LogP contribution in [-0.4, -0.2) is 44.0 Å². The number of halogens is 1. The summed E-state index contributed by atoms with van der Waals surface area (Å²) in [6, 6.07) is 6.76. The number of hydrogen-bond donors (Lipinski definition) is 3. The average molecular weight is 380 g/mol. The first kappa shape index (κ1) is 18.0. The highest BCUT2D eigenvalue weighted by molar-refractivity contribution is 6.30. The summed E-state index contributed by atoms with van der Waals surface area (Å²) in [5.41, 5.74) is -0.694. The summed E-state index contributed by atoms with van der Waals surface area (Å²) in [6.07, 6.45) is -0.910. The van der Waals surface area contributed by atoms with Gasteiger partial charge in [-0.25, -0.2) is 4.79 Å². The van der Waals surface area contributed by atoms with Gasteiger partial charge in [0.05, 0.1) is 6.54 Å². The van der Waals surface area contributed by atoms with Crippen LogP contribution < -0.4 is 21.3 Å². The molecule has 2 heterocycles. The van der Waals surface area contributed by atoms with Crippen molar-refractivity contribution in [2.45, 2.75) is 12.6 Å². The van der Waals surface area contributed by atoms with Crippen molar-refractivity contribution < 1.29 is 9.84 Å². The largest absolute Gasteiger partial charge is 0.491 e. The van der Waals surface area contributed by atoms with Crippen LogP contribution in [0.5, 0.6) is 5.75 Å². The van der Waals surface area contributed by atoms with Crippen molar-refractivity contribution in [2.75, 3.05) is 19.0 Å². The summed E-state index contributed by atoms with van der Waals surface area (Å²) in [7, 11) is 3.15. The lowest BCUT2D eigenvalue weighted by Gasteiger charge is -2.15. The number of aryl methyl sites for hydroxylation is 1. The van der Waals surface area contributed by atoms with E-state index < -0.39 is 17.4 Å². The molecule has 3 rings (SSSR count). The second-order valence-electron chi connectivity index (χ2n) is 5.71. The van der Waals surface area contributed by atoms with Gasteiger partial charge in [0.1, 0.15) is 18.5 Å². The van der Waals surface area contributed by atoms with Crippen LogP contribution in [0.4, 0.5) is 5.95 Å². The van der Waals surface area contributed by atoms with E-state index in [0.29, 0.717) is 16.7 Å². The fraction of sp³-hybridized carbons (Fsp3) is 0.312. The Bertz CT molecular complexity index is 1040. The van der Waals surface area contributed by atoms with Gasteiger partial charge in [0.15, 0.2) is 11.2 Å². The summed E-state index contributed by atoms with van der Waals surface area (Å²) in [5, 5.41) is 13.8. The zero-order valence-corrected chi connectivity index (χ0v) is 14.9. The van der Waals surface area contributed by atoms with Gasteiger partial charge < -0.3 is 19.7 Å². The van der Waals surface area contributed by atoms with Gasteiger partial charge in [0, 0.05) is 19.1 Å². The van der Waals surface area contributed by atoms with Crippen LogP contribution in [-0.2, 0) is 13.6 Å². The van der Waals surface area contributed by atoms with Gasteiger partial charge in [-0.2, -0.15) is 4.98 Å². The van der Waals surface area contributed by atoms with Gasteiger partial charge in [-0.1, -0.05) is 11.6 Å². The number of fused-ring (bicyclic) bond motifs is 1. The maximum Gasteiger partial charge on any atom is 0.329 e. The Morgan fingerprint density at radius 1 is 1.35 bits per heavy atom. The molecule has 0 aliphatic heterocycles. The topological polar surface area (TPSA) is 114 Å². The molecule has 138 valence electrons. The molecule has 1 unspecified atom stereocenters. The summed E-state index contributed by atoms with van der Waals surface area (Å²) in [5.74, 6) is 0.926. The van der Waals surface area contributed by atoms with Gasteiger partial charge in [0.25, 0.3) is 5.56 Å². The van der Waals surface area contributed by atoms with Crippen molar-refractivity contribution in [1.29, 1.82) is 0 Å². The van der Waals surface area contributed by atoms with Gasteiger partial charge in [-0.05, 0) is 24.3 Å². The third-order valence-corrected chi connectivity index (χ3v) is 4.13. The Balaban J connectivity index is 1.85. The molecule has 3 N–H and O–H groups in total. The number of imidazole rings is 1. The average Bonchev–Trinajstić information content (AvgIpc) is 2.98. The van der Waals surface area contributed by atoms with Crippen LogP contribution >= 0.6 is 11.6 Å². The fourth-order valence-electron chi connectivity index (χ4n) is 2.59. The first-order valence-corrected chi connectivity index (χ1v) is 8.22. The molecule has 0 aliphatic carbocycles. The monoisotopic (exact) mass is 379 g/mol. The zero-order chi connectivity index (χ0) is 18.8. The van der Waals surface area contributed by atoms with E-state index in [-0.39, 0.29) is 24.3 Å². The van der Waals surface area contributed by atoms with E-state index >= 15 is 0 Å². The van der Waals surface area contributed by atoms with E-state index in [1.165, 1.54) is 16.2 Å². The number of benzene rings is 1. The van der Waals surface area contributed by atoms with Crippen LogP contribution in [0.25, 0.3) is 11.2 Å². The molecule has 26 heavy (non-hydrogen) atoms. The number of nitrogens with zero attached hydrogens (tertiary/aromatic N) is 3. The van der Waals surface area contributed by atoms with Crippen LogP contribution in [0.2, 0.25) is 5.02 Å². The predicted molar refractivity (Wildman–Crippen MR) is 98.1 cm³/mol. The van der Waals surface area contributed by atoms with Crippen molar-refractivity contribution in [3.63, 3.8) is 0 Å². The lowest BCUT2D eigenvalue weighted by Crippen LogP contribution is -2.30. The number of aromatic nitrogens is 4. The number of rotatable bonds is 6. The lowest BCUT2D eigenvalue weighted by atomic mass is 10.3. The molecular weight excluding hydrogens is 362 g/mol. The maximum absolute atomic E-state index is 12.2. The molecule has 0 radical (unpaired) electrons. The highest BCUT2D eigenvalue weighted by atomic mass is 35.5. The molecule has 0 bridgehead atoms. The quantitative estimate of drug-likeness (QED) is 0.576. The second-order valence-corrected chi connectivity index (χ2v) is 6.14. The molecule has 0 aliphatic rings. The van der Waals surface area contributed by atoms with Gasteiger partial charge in [-0.15, -0.1) is 0 Å². The Hall–Kier alpha value is -2.78. The summed E-state index contributed by atoms with van der Waals surface area (Å²) >= 11 is 5.82. The molecule has 1 aromatic carbocycles. The third-order valence-electron chi connectivity index (χ3n) is 3.88. The van der Waals surface area contributed by atoms with E-state index in [1.54, 1.807) is 31.3 Å². The number of H-pyrrole nitrogens is 1. The van der Waals surface area contributed by atoms with Crippen LogP contribution in [0, 0.1) is 0 Å². The van der Waals surface area contributed by atoms with Crippen LogP contribution in [0.1, 0.15) is 0 Å². The van der Waals surface area contributed by atoms with E-state index in [1.807, 2.05) is 0 Å². The Morgan fingerprint density at radius 2 is 2.04 bits per heavy atom. The van der Waals surface area contributed by atoms with E-state index in [0.717, 1.165) is 0 Å².